The van der Waals surface area contributed by atoms with Crippen molar-refractivity contribution in [2.24, 2.45) is 11.3 Å². The molecule has 24 heavy (non-hydrogen) atoms. The molecule has 0 spiro atoms. The number of thiazole rings is 1. The van der Waals surface area contributed by atoms with Gasteiger partial charge in [-0.1, -0.05) is 20.8 Å². The maximum atomic E-state index is 12.4. The molecule has 2 aromatic rings. The van der Waals surface area contributed by atoms with Crippen LogP contribution in [0.3, 0.4) is 0 Å². The van der Waals surface area contributed by atoms with Crippen LogP contribution in [0.25, 0.3) is 10.6 Å². The zero-order valence-corrected chi connectivity index (χ0v) is 15.6. The van der Waals surface area contributed by atoms with Gasteiger partial charge in [0.05, 0.1) is 28.0 Å². The molecule has 1 unspecified atom stereocenters. The van der Waals surface area contributed by atoms with Crippen molar-refractivity contribution < 1.29 is 4.79 Å². The Labute approximate surface area is 147 Å². The Morgan fingerprint density at radius 1 is 1.38 bits per heavy atom. The molecule has 0 aromatic carbocycles. The SMILES string of the molecule is Cc1ncsc1-c1cncc(CC2CCN(C(=O)C(C)(C)C)C2)n1. The largest absolute Gasteiger partial charge is 0.342 e. The van der Waals surface area contributed by atoms with Crippen molar-refractivity contribution in [2.45, 2.75) is 40.5 Å². The summed E-state index contributed by atoms with van der Waals surface area (Å²) < 4.78 is 0. The fourth-order valence-corrected chi connectivity index (χ4v) is 3.87. The minimum absolute atomic E-state index is 0.241. The summed E-state index contributed by atoms with van der Waals surface area (Å²) in [7, 11) is 0. The van der Waals surface area contributed by atoms with Crippen LogP contribution in [-0.2, 0) is 11.2 Å². The highest BCUT2D eigenvalue weighted by Crippen LogP contribution is 2.27. The third-order valence-corrected chi connectivity index (χ3v) is 5.33. The maximum Gasteiger partial charge on any atom is 0.227 e. The zero-order valence-electron chi connectivity index (χ0n) is 14.7. The highest BCUT2D eigenvalue weighted by atomic mass is 32.1. The van der Waals surface area contributed by atoms with Gasteiger partial charge < -0.3 is 4.90 Å². The molecule has 1 aliphatic heterocycles. The van der Waals surface area contributed by atoms with Gasteiger partial charge in [-0.3, -0.25) is 9.78 Å². The molecule has 1 fully saturated rings. The van der Waals surface area contributed by atoms with Crippen LogP contribution < -0.4 is 0 Å². The third kappa shape index (κ3) is 3.64. The molecule has 1 atom stereocenters. The first-order valence-corrected chi connectivity index (χ1v) is 9.23. The average molecular weight is 344 g/mol. The molecule has 0 N–H and O–H groups in total. The lowest BCUT2D eigenvalue weighted by Gasteiger charge is -2.25. The highest BCUT2D eigenvalue weighted by molar-refractivity contribution is 7.13. The fraction of sp³-hybridized carbons (Fsp3) is 0.556. The Hall–Kier alpha value is -1.82. The van der Waals surface area contributed by atoms with Crippen LogP contribution in [0.1, 0.15) is 38.6 Å². The van der Waals surface area contributed by atoms with Crippen LogP contribution in [0, 0.1) is 18.3 Å². The van der Waals surface area contributed by atoms with Crippen molar-refractivity contribution in [3.05, 3.63) is 29.3 Å². The van der Waals surface area contributed by atoms with E-state index in [1.54, 1.807) is 17.5 Å². The zero-order chi connectivity index (χ0) is 17.3. The first kappa shape index (κ1) is 17.0. The first-order valence-electron chi connectivity index (χ1n) is 8.35. The minimum Gasteiger partial charge on any atom is -0.342 e. The maximum absolute atomic E-state index is 12.4. The van der Waals surface area contributed by atoms with E-state index >= 15 is 0 Å². The number of carbonyl (C=O) groups is 1. The van der Waals surface area contributed by atoms with Gasteiger partial charge in [0.2, 0.25) is 5.91 Å². The third-order valence-electron chi connectivity index (χ3n) is 4.38. The van der Waals surface area contributed by atoms with Crippen molar-refractivity contribution in [1.29, 1.82) is 0 Å². The number of aryl methyl sites for hydroxylation is 1. The topological polar surface area (TPSA) is 59.0 Å². The standard InChI is InChI=1S/C18H24N4OS/c1-12-16(24-11-20-12)15-9-19-8-14(21-15)7-13-5-6-22(10-13)17(23)18(2,3)4/h8-9,11,13H,5-7,10H2,1-4H3. The monoisotopic (exact) mass is 344 g/mol. The molecule has 128 valence electrons. The molecule has 3 rings (SSSR count). The van der Waals surface area contributed by atoms with Gasteiger partial charge >= 0.3 is 0 Å². The van der Waals surface area contributed by atoms with Gasteiger partial charge in [-0.25, -0.2) is 9.97 Å². The molecule has 6 heteroatoms. The fourth-order valence-electron chi connectivity index (χ4n) is 3.12. The van der Waals surface area contributed by atoms with E-state index in [0.29, 0.717) is 5.92 Å². The van der Waals surface area contributed by atoms with Crippen molar-refractivity contribution >= 4 is 17.2 Å². The van der Waals surface area contributed by atoms with Crippen molar-refractivity contribution in [3.63, 3.8) is 0 Å². The van der Waals surface area contributed by atoms with Gasteiger partial charge in [0.1, 0.15) is 5.69 Å². The second kappa shape index (κ2) is 6.59. The summed E-state index contributed by atoms with van der Waals surface area (Å²) in [5.74, 6) is 0.702. The van der Waals surface area contributed by atoms with E-state index in [9.17, 15) is 4.79 Å². The normalized spacial score (nSPS) is 18.2. The summed E-state index contributed by atoms with van der Waals surface area (Å²) in [6.07, 6.45) is 5.54. The predicted octanol–water partition coefficient (Wildman–Crippen LogP) is 3.35. The molecule has 1 saturated heterocycles. The highest BCUT2D eigenvalue weighted by Gasteiger charge is 2.32. The van der Waals surface area contributed by atoms with Crippen LogP contribution >= 0.6 is 11.3 Å². The van der Waals surface area contributed by atoms with Crippen molar-refractivity contribution in [2.75, 3.05) is 13.1 Å². The van der Waals surface area contributed by atoms with Gasteiger partial charge in [0, 0.05) is 24.7 Å². The number of nitrogens with zero attached hydrogens (tertiary/aromatic N) is 4. The molecular weight excluding hydrogens is 320 g/mol. The van der Waals surface area contributed by atoms with E-state index in [1.165, 1.54) is 0 Å². The van der Waals surface area contributed by atoms with Crippen LogP contribution in [0.2, 0.25) is 0 Å². The van der Waals surface area contributed by atoms with E-state index in [2.05, 4.69) is 9.97 Å². The van der Waals surface area contributed by atoms with E-state index in [4.69, 9.17) is 4.98 Å². The van der Waals surface area contributed by atoms with E-state index < -0.39 is 0 Å². The number of carbonyl (C=O) groups excluding carboxylic acids is 1. The number of hydrogen-bond donors (Lipinski definition) is 0. The Morgan fingerprint density at radius 2 is 2.17 bits per heavy atom. The molecule has 2 aromatic heterocycles. The molecule has 0 aliphatic carbocycles. The van der Waals surface area contributed by atoms with Crippen LogP contribution in [0.5, 0.6) is 0 Å². The molecule has 0 saturated carbocycles. The molecule has 3 heterocycles. The van der Waals surface area contributed by atoms with Crippen LogP contribution in [0.15, 0.2) is 17.9 Å². The lowest BCUT2D eigenvalue weighted by molar-refractivity contribution is -0.138. The summed E-state index contributed by atoms with van der Waals surface area (Å²) in [5, 5.41) is 0. The number of likely N-dealkylation sites (tertiary alicyclic amines) is 1. The summed E-state index contributed by atoms with van der Waals surface area (Å²) >= 11 is 1.59. The molecule has 1 amide bonds. The first-order chi connectivity index (χ1) is 11.3. The summed E-state index contributed by atoms with van der Waals surface area (Å²) in [4.78, 5) is 28.9. The summed E-state index contributed by atoms with van der Waals surface area (Å²) in [5.41, 5.74) is 4.42. The lowest BCUT2D eigenvalue weighted by atomic mass is 9.95. The van der Waals surface area contributed by atoms with E-state index in [-0.39, 0.29) is 11.3 Å². The average Bonchev–Trinajstić information content (AvgIpc) is 3.15. The molecular formula is C18H24N4OS. The predicted molar refractivity (Wildman–Crippen MR) is 95.7 cm³/mol. The van der Waals surface area contributed by atoms with Gasteiger partial charge in [-0.2, -0.15) is 0 Å². The number of aromatic nitrogens is 3. The van der Waals surface area contributed by atoms with Crippen LogP contribution in [0.4, 0.5) is 0 Å². The molecule has 5 nitrogen and oxygen atoms in total. The van der Waals surface area contributed by atoms with E-state index in [0.717, 1.165) is 47.9 Å². The Kier molecular flexibility index (Phi) is 4.67. The number of amides is 1. The second-order valence-electron chi connectivity index (χ2n) is 7.52. The van der Waals surface area contributed by atoms with Gasteiger partial charge in [-0.05, 0) is 25.7 Å². The van der Waals surface area contributed by atoms with E-state index in [1.807, 2.05) is 44.3 Å². The summed E-state index contributed by atoms with van der Waals surface area (Å²) in [6.45, 7) is 9.61. The summed E-state index contributed by atoms with van der Waals surface area (Å²) in [6, 6.07) is 0. The quantitative estimate of drug-likeness (QED) is 0.857. The lowest BCUT2D eigenvalue weighted by Crippen LogP contribution is -2.38. The number of rotatable bonds is 3. The van der Waals surface area contributed by atoms with Crippen molar-refractivity contribution in [3.8, 4) is 10.6 Å². The molecule has 1 aliphatic rings. The number of hydrogen-bond acceptors (Lipinski definition) is 5. The van der Waals surface area contributed by atoms with Crippen LogP contribution in [-0.4, -0.2) is 38.8 Å². The van der Waals surface area contributed by atoms with Gasteiger partial charge in [0.25, 0.3) is 0 Å². The minimum atomic E-state index is -0.307. The van der Waals surface area contributed by atoms with Gasteiger partial charge in [-0.15, -0.1) is 11.3 Å². The Morgan fingerprint density at radius 3 is 2.83 bits per heavy atom. The Bertz CT molecular complexity index is 735. The molecule has 0 radical (unpaired) electrons. The Balaban J connectivity index is 1.68. The van der Waals surface area contributed by atoms with Gasteiger partial charge in [0.15, 0.2) is 0 Å². The smallest absolute Gasteiger partial charge is 0.227 e. The van der Waals surface area contributed by atoms with Crippen molar-refractivity contribution in [1.82, 2.24) is 19.9 Å². The second-order valence-corrected chi connectivity index (χ2v) is 8.38. The molecule has 0 bridgehead atoms.